The van der Waals surface area contributed by atoms with E-state index in [0.717, 1.165) is 12.1 Å². The molecule has 0 heterocycles. The van der Waals surface area contributed by atoms with Gasteiger partial charge in [-0.2, -0.15) is 0 Å². The van der Waals surface area contributed by atoms with Crippen molar-refractivity contribution in [3.05, 3.63) is 63.9 Å². The Kier molecular flexibility index (Phi) is 6.94. The second-order valence-electron chi connectivity index (χ2n) is 5.00. The van der Waals surface area contributed by atoms with Crippen molar-refractivity contribution in [3.8, 4) is 0 Å². The van der Waals surface area contributed by atoms with E-state index in [4.69, 9.17) is 27.9 Å². The molecule has 136 valence electrons. The van der Waals surface area contributed by atoms with E-state index in [2.05, 4.69) is 10.6 Å². The zero-order valence-corrected chi connectivity index (χ0v) is 14.7. The summed E-state index contributed by atoms with van der Waals surface area (Å²) in [7, 11) is 0. The Balaban J connectivity index is 1.76. The standard InChI is InChI=1S/C17H13Cl2FN2O4/c18-12-2-1-3-13(16(12)19)22-14(23)9-26-15(24)8-21-17(25)10-4-6-11(20)7-5-10/h1-7H,8-9H2,(H,21,25)(H,22,23). The summed E-state index contributed by atoms with van der Waals surface area (Å²) in [4.78, 5) is 35.1. The van der Waals surface area contributed by atoms with Crippen LogP contribution in [0.4, 0.5) is 10.1 Å². The van der Waals surface area contributed by atoms with E-state index in [-0.39, 0.29) is 21.3 Å². The lowest BCUT2D eigenvalue weighted by Crippen LogP contribution is -2.32. The van der Waals surface area contributed by atoms with Gasteiger partial charge >= 0.3 is 5.97 Å². The predicted octanol–water partition coefficient (Wildman–Crippen LogP) is 3.04. The van der Waals surface area contributed by atoms with Crippen LogP contribution in [0.2, 0.25) is 10.0 Å². The second kappa shape index (κ2) is 9.17. The monoisotopic (exact) mass is 398 g/mol. The molecule has 2 rings (SSSR count). The summed E-state index contributed by atoms with van der Waals surface area (Å²) in [6, 6.07) is 9.49. The van der Waals surface area contributed by atoms with Gasteiger partial charge in [-0.15, -0.1) is 0 Å². The van der Waals surface area contributed by atoms with Crippen LogP contribution < -0.4 is 10.6 Å². The molecule has 6 nitrogen and oxygen atoms in total. The number of nitrogens with one attached hydrogen (secondary N) is 2. The Morgan fingerprint density at radius 2 is 1.73 bits per heavy atom. The predicted molar refractivity (Wildman–Crippen MR) is 94.8 cm³/mol. The van der Waals surface area contributed by atoms with Crippen molar-refractivity contribution in [2.24, 2.45) is 0 Å². The van der Waals surface area contributed by atoms with Gasteiger partial charge in [-0.25, -0.2) is 4.39 Å². The van der Waals surface area contributed by atoms with E-state index in [1.54, 1.807) is 12.1 Å². The smallest absolute Gasteiger partial charge is 0.325 e. The number of carbonyl (C=O) groups excluding carboxylic acids is 3. The van der Waals surface area contributed by atoms with E-state index >= 15 is 0 Å². The Morgan fingerprint density at radius 1 is 1.04 bits per heavy atom. The molecule has 2 N–H and O–H groups in total. The summed E-state index contributed by atoms with van der Waals surface area (Å²) in [5.41, 5.74) is 0.470. The minimum atomic E-state index is -0.812. The fourth-order valence-corrected chi connectivity index (χ4v) is 2.19. The van der Waals surface area contributed by atoms with Crippen LogP contribution in [0.3, 0.4) is 0 Å². The third-order valence-electron chi connectivity index (χ3n) is 3.09. The van der Waals surface area contributed by atoms with Crippen LogP contribution in [0.1, 0.15) is 10.4 Å². The van der Waals surface area contributed by atoms with Crippen LogP contribution in [-0.2, 0) is 14.3 Å². The number of anilines is 1. The van der Waals surface area contributed by atoms with Crippen LogP contribution in [0.5, 0.6) is 0 Å². The lowest BCUT2D eigenvalue weighted by atomic mass is 10.2. The first-order chi connectivity index (χ1) is 12.4. The molecule has 0 aliphatic rings. The Bertz CT molecular complexity index is 828. The Labute approximate surface area is 158 Å². The summed E-state index contributed by atoms with van der Waals surface area (Å²) >= 11 is 11.8. The number of halogens is 3. The maximum Gasteiger partial charge on any atom is 0.325 e. The lowest BCUT2D eigenvalue weighted by Gasteiger charge is -2.09. The fourth-order valence-electron chi connectivity index (χ4n) is 1.84. The van der Waals surface area contributed by atoms with Crippen LogP contribution in [0.15, 0.2) is 42.5 Å². The zero-order chi connectivity index (χ0) is 19.1. The first kappa shape index (κ1) is 19.7. The zero-order valence-electron chi connectivity index (χ0n) is 13.2. The maximum absolute atomic E-state index is 12.8. The van der Waals surface area contributed by atoms with E-state index < -0.39 is 36.8 Å². The van der Waals surface area contributed by atoms with Gasteiger partial charge in [0.05, 0.1) is 15.7 Å². The first-order valence-electron chi connectivity index (χ1n) is 7.30. The SMILES string of the molecule is O=C(COC(=O)CNC(=O)c1ccc(F)cc1)Nc1cccc(Cl)c1Cl. The molecule has 0 aromatic heterocycles. The summed E-state index contributed by atoms with van der Waals surface area (Å²) in [6.07, 6.45) is 0. The van der Waals surface area contributed by atoms with Crippen molar-refractivity contribution in [1.82, 2.24) is 5.32 Å². The molecule has 0 aliphatic carbocycles. The highest BCUT2D eigenvalue weighted by atomic mass is 35.5. The summed E-state index contributed by atoms with van der Waals surface area (Å²) in [6.45, 7) is -1.00. The molecule has 0 atom stereocenters. The second-order valence-corrected chi connectivity index (χ2v) is 5.78. The highest BCUT2D eigenvalue weighted by Gasteiger charge is 2.12. The van der Waals surface area contributed by atoms with Crippen LogP contribution >= 0.6 is 23.2 Å². The average molecular weight is 399 g/mol. The molecule has 0 radical (unpaired) electrons. The third-order valence-corrected chi connectivity index (χ3v) is 3.91. The lowest BCUT2D eigenvalue weighted by molar-refractivity contribution is -0.146. The highest BCUT2D eigenvalue weighted by molar-refractivity contribution is 6.44. The summed E-state index contributed by atoms with van der Waals surface area (Å²) < 4.78 is 17.5. The molecule has 0 saturated carbocycles. The maximum atomic E-state index is 12.8. The van der Waals surface area contributed by atoms with Gasteiger partial charge in [0.15, 0.2) is 6.61 Å². The molecule has 2 aromatic rings. The normalized spacial score (nSPS) is 10.1. The molecule has 0 unspecified atom stereocenters. The van der Waals surface area contributed by atoms with Gasteiger partial charge in [0, 0.05) is 5.56 Å². The molecule has 2 aromatic carbocycles. The molecule has 9 heteroatoms. The molecular weight excluding hydrogens is 386 g/mol. The first-order valence-corrected chi connectivity index (χ1v) is 8.05. The van der Waals surface area contributed by atoms with E-state index in [1.807, 2.05) is 0 Å². The molecule has 2 amide bonds. The molecule has 0 bridgehead atoms. The van der Waals surface area contributed by atoms with Crippen LogP contribution in [0, 0.1) is 5.82 Å². The number of benzene rings is 2. The molecule has 0 aliphatic heterocycles. The summed E-state index contributed by atoms with van der Waals surface area (Å²) in [5.74, 6) is -2.48. The number of amides is 2. The molecular formula is C17H13Cl2FN2O4. The van der Waals surface area contributed by atoms with E-state index in [1.165, 1.54) is 18.2 Å². The largest absolute Gasteiger partial charge is 0.454 e. The molecule has 0 saturated heterocycles. The van der Waals surface area contributed by atoms with Gasteiger partial charge in [0.25, 0.3) is 11.8 Å². The van der Waals surface area contributed by atoms with E-state index in [0.29, 0.717) is 0 Å². The minimum absolute atomic E-state index is 0.167. The van der Waals surface area contributed by atoms with Gasteiger partial charge in [-0.3, -0.25) is 14.4 Å². The van der Waals surface area contributed by atoms with Gasteiger partial charge in [0.2, 0.25) is 0 Å². The average Bonchev–Trinajstić information content (AvgIpc) is 2.62. The summed E-state index contributed by atoms with van der Waals surface area (Å²) in [5, 5.41) is 5.18. The molecule has 26 heavy (non-hydrogen) atoms. The van der Waals surface area contributed by atoms with Gasteiger partial charge in [0.1, 0.15) is 12.4 Å². The number of esters is 1. The van der Waals surface area contributed by atoms with Crippen molar-refractivity contribution in [2.45, 2.75) is 0 Å². The van der Waals surface area contributed by atoms with Gasteiger partial charge in [-0.05, 0) is 36.4 Å². The van der Waals surface area contributed by atoms with Crippen LogP contribution in [-0.4, -0.2) is 30.9 Å². The highest BCUT2D eigenvalue weighted by Crippen LogP contribution is 2.29. The number of ether oxygens (including phenoxy) is 1. The van der Waals surface area contributed by atoms with Crippen molar-refractivity contribution in [3.63, 3.8) is 0 Å². The number of hydrogen-bond acceptors (Lipinski definition) is 4. The number of hydrogen-bond donors (Lipinski definition) is 2. The number of carbonyl (C=O) groups is 3. The Hall–Kier alpha value is -2.64. The third kappa shape index (κ3) is 5.72. The quantitative estimate of drug-likeness (QED) is 0.732. The fraction of sp³-hybridized carbons (Fsp3) is 0.118. The Morgan fingerprint density at radius 3 is 2.42 bits per heavy atom. The number of rotatable bonds is 6. The molecule has 0 spiro atoms. The van der Waals surface area contributed by atoms with Crippen LogP contribution in [0.25, 0.3) is 0 Å². The minimum Gasteiger partial charge on any atom is -0.454 e. The van der Waals surface area contributed by atoms with Gasteiger partial charge in [-0.1, -0.05) is 29.3 Å². The van der Waals surface area contributed by atoms with Crippen molar-refractivity contribution in [1.29, 1.82) is 0 Å². The molecule has 0 fully saturated rings. The van der Waals surface area contributed by atoms with Crippen molar-refractivity contribution < 1.29 is 23.5 Å². The topological polar surface area (TPSA) is 84.5 Å². The van der Waals surface area contributed by atoms with Gasteiger partial charge < -0.3 is 15.4 Å². The van der Waals surface area contributed by atoms with Crippen molar-refractivity contribution in [2.75, 3.05) is 18.5 Å². The van der Waals surface area contributed by atoms with E-state index in [9.17, 15) is 18.8 Å². The van der Waals surface area contributed by atoms with Crippen molar-refractivity contribution >= 4 is 46.7 Å².